The van der Waals surface area contributed by atoms with Crippen LogP contribution < -0.4 is 10.2 Å². The van der Waals surface area contributed by atoms with Crippen LogP contribution in [0.2, 0.25) is 0 Å². The predicted molar refractivity (Wildman–Crippen MR) is 103 cm³/mol. The molecule has 0 saturated carbocycles. The van der Waals surface area contributed by atoms with Crippen LogP contribution in [0, 0.1) is 0 Å². The standard InChI is InChI=1S/C19H21N3O3S/c1-22-11-3-4-15-12-14(5-8-17(15)22)6-9-18(23)21-16-7-10-19(20-13-16)26(2,24)25/h5-10,12-13H,3-4,11H2,1-2H3,(H,21,23). The van der Waals surface area contributed by atoms with Gasteiger partial charge in [0.1, 0.15) is 0 Å². The molecule has 1 aliphatic heterocycles. The van der Waals surface area contributed by atoms with Gasteiger partial charge in [-0.05, 0) is 54.3 Å². The zero-order valence-corrected chi connectivity index (χ0v) is 15.6. The number of rotatable bonds is 4. The van der Waals surface area contributed by atoms with Crippen molar-refractivity contribution >= 4 is 33.2 Å². The number of pyridine rings is 1. The molecule has 2 aromatic rings. The average Bonchev–Trinajstić information content (AvgIpc) is 2.60. The summed E-state index contributed by atoms with van der Waals surface area (Å²) in [6.07, 6.45) is 7.82. The third-order valence-corrected chi connectivity index (χ3v) is 5.27. The molecule has 0 unspecified atom stereocenters. The van der Waals surface area contributed by atoms with Crippen LogP contribution in [0.5, 0.6) is 0 Å². The smallest absolute Gasteiger partial charge is 0.248 e. The molecule has 0 saturated heterocycles. The molecule has 0 radical (unpaired) electrons. The number of amides is 1. The Morgan fingerprint density at radius 2 is 2.08 bits per heavy atom. The minimum Gasteiger partial charge on any atom is -0.374 e. The van der Waals surface area contributed by atoms with Crippen molar-refractivity contribution in [2.24, 2.45) is 0 Å². The number of sulfone groups is 1. The second kappa shape index (κ2) is 7.29. The van der Waals surface area contributed by atoms with E-state index in [4.69, 9.17) is 0 Å². The van der Waals surface area contributed by atoms with Gasteiger partial charge in [-0.2, -0.15) is 0 Å². The van der Waals surface area contributed by atoms with Gasteiger partial charge in [-0.15, -0.1) is 0 Å². The van der Waals surface area contributed by atoms with Crippen molar-refractivity contribution in [3.8, 4) is 0 Å². The Hall–Kier alpha value is -2.67. The second-order valence-electron chi connectivity index (χ2n) is 6.39. The van der Waals surface area contributed by atoms with Gasteiger partial charge in [0.2, 0.25) is 5.91 Å². The molecule has 7 heteroatoms. The maximum atomic E-state index is 12.1. The second-order valence-corrected chi connectivity index (χ2v) is 8.36. The average molecular weight is 371 g/mol. The summed E-state index contributed by atoms with van der Waals surface area (Å²) in [5.74, 6) is -0.297. The van der Waals surface area contributed by atoms with Crippen molar-refractivity contribution in [3.63, 3.8) is 0 Å². The maximum absolute atomic E-state index is 12.1. The lowest BCUT2D eigenvalue weighted by atomic mass is 9.99. The van der Waals surface area contributed by atoms with Crippen LogP contribution in [-0.2, 0) is 21.1 Å². The molecule has 26 heavy (non-hydrogen) atoms. The minimum atomic E-state index is -3.35. The number of anilines is 2. The Kier molecular flexibility index (Phi) is 5.08. The zero-order valence-electron chi connectivity index (χ0n) is 14.8. The monoisotopic (exact) mass is 371 g/mol. The Morgan fingerprint density at radius 1 is 1.27 bits per heavy atom. The van der Waals surface area contributed by atoms with Gasteiger partial charge in [0.05, 0.1) is 11.9 Å². The third kappa shape index (κ3) is 4.29. The summed E-state index contributed by atoms with van der Waals surface area (Å²) in [5, 5.41) is 2.65. The number of carbonyl (C=O) groups excluding carboxylic acids is 1. The van der Waals surface area contributed by atoms with E-state index in [1.54, 1.807) is 6.08 Å². The van der Waals surface area contributed by atoms with Crippen molar-refractivity contribution in [2.45, 2.75) is 17.9 Å². The summed E-state index contributed by atoms with van der Waals surface area (Å²) in [6.45, 7) is 1.07. The van der Waals surface area contributed by atoms with Gasteiger partial charge < -0.3 is 10.2 Å². The molecule has 1 aromatic heterocycles. The largest absolute Gasteiger partial charge is 0.374 e. The molecule has 3 rings (SSSR count). The predicted octanol–water partition coefficient (Wildman–Crippen LogP) is 2.52. The van der Waals surface area contributed by atoms with Crippen LogP contribution in [-0.4, -0.2) is 39.2 Å². The topological polar surface area (TPSA) is 79.4 Å². The number of nitrogens with zero attached hydrogens (tertiary/aromatic N) is 2. The van der Waals surface area contributed by atoms with Crippen LogP contribution in [0.1, 0.15) is 17.5 Å². The summed E-state index contributed by atoms with van der Waals surface area (Å²) in [5.41, 5.74) is 3.95. The molecule has 1 amide bonds. The minimum absolute atomic E-state index is 0.0231. The molecule has 0 bridgehead atoms. The number of aryl methyl sites for hydroxylation is 1. The Labute approximate surface area is 153 Å². The number of hydrogen-bond donors (Lipinski definition) is 1. The first kappa shape index (κ1) is 18.1. The highest BCUT2D eigenvalue weighted by atomic mass is 32.2. The van der Waals surface area contributed by atoms with E-state index in [0.717, 1.165) is 31.2 Å². The lowest BCUT2D eigenvalue weighted by molar-refractivity contribution is -0.111. The molecule has 1 N–H and O–H groups in total. The maximum Gasteiger partial charge on any atom is 0.248 e. The molecular formula is C19H21N3O3S. The number of fused-ring (bicyclic) bond motifs is 1. The number of aromatic nitrogens is 1. The summed E-state index contributed by atoms with van der Waals surface area (Å²) < 4.78 is 22.8. The molecule has 136 valence electrons. The van der Waals surface area contributed by atoms with Crippen molar-refractivity contribution in [1.29, 1.82) is 0 Å². The Morgan fingerprint density at radius 3 is 2.77 bits per heavy atom. The molecule has 6 nitrogen and oxygen atoms in total. The lowest BCUT2D eigenvalue weighted by Crippen LogP contribution is -2.24. The van der Waals surface area contributed by atoms with Crippen LogP contribution in [0.25, 0.3) is 6.08 Å². The summed E-state index contributed by atoms with van der Waals surface area (Å²) in [6, 6.07) is 9.07. The quantitative estimate of drug-likeness (QED) is 0.836. The fraction of sp³-hybridized carbons (Fsp3) is 0.263. The molecule has 0 spiro atoms. The summed E-state index contributed by atoms with van der Waals surface area (Å²) >= 11 is 0. The molecule has 0 fully saturated rings. The van der Waals surface area contributed by atoms with E-state index in [0.29, 0.717) is 5.69 Å². The SMILES string of the molecule is CN1CCCc2cc(C=CC(=O)Nc3ccc(S(C)(=O)=O)nc3)ccc21. The highest BCUT2D eigenvalue weighted by molar-refractivity contribution is 7.90. The van der Waals surface area contributed by atoms with E-state index < -0.39 is 9.84 Å². The molecular weight excluding hydrogens is 350 g/mol. The number of benzene rings is 1. The Bertz CT molecular complexity index is 950. The van der Waals surface area contributed by atoms with Gasteiger partial charge in [-0.25, -0.2) is 13.4 Å². The first-order valence-corrected chi connectivity index (χ1v) is 10.2. The molecule has 1 aliphatic rings. The number of hydrogen-bond acceptors (Lipinski definition) is 5. The molecule has 0 aliphatic carbocycles. The normalized spacial score (nSPS) is 14.3. The number of nitrogens with one attached hydrogen (secondary N) is 1. The number of carbonyl (C=O) groups is 1. The van der Waals surface area contributed by atoms with Gasteiger partial charge in [0, 0.05) is 31.6 Å². The first-order chi connectivity index (χ1) is 12.3. The van der Waals surface area contributed by atoms with Crippen LogP contribution >= 0.6 is 0 Å². The van der Waals surface area contributed by atoms with Crippen LogP contribution in [0.15, 0.2) is 47.6 Å². The van der Waals surface area contributed by atoms with Gasteiger partial charge in [0.15, 0.2) is 14.9 Å². The van der Waals surface area contributed by atoms with E-state index in [1.165, 1.54) is 35.7 Å². The van der Waals surface area contributed by atoms with Crippen molar-refractivity contribution in [3.05, 3.63) is 53.7 Å². The highest BCUT2D eigenvalue weighted by Crippen LogP contribution is 2.27. The summed E-state index contributed by atoms with van der Waals surface area (Å²) in [7, 11) is -1.26. The van der Waals surface area contributed by atoms with Gasteiger partial charge in [0.25, 0.3) is 0 Å². The fourth-order valence-corrected chi connectivity index (χ4v) is 3.50. The molecule has 1 aromatic carbocycles. The third-order valence-electron chi connectivity index (χ3n) is 4.27. The molecule has 0 atom stereocenters. The first-order valence-electron chi connectivity index (χ1n) is 8.32. The molecule has 2 heterocycles. The lowest BCUT2D eigenvalue weighted by Gasteiger charge is -2.27. The van der Waals surface area contributed by atoms with E-state index in [2.05, 4.69) is 34.4 Å². The Balaban J connectivity index is 1.66. The van der Waals surface area contributed by atoms with E-state index >= 15 is 0 Å². The van der Waals surface area contributed by atoms with Crippen molar-refractivity contribution in [2.75, 3.05) is 30.1 Å². The van der Waals surface area contributed by atoms with E-state index in [1.807, 2.05) is 6.07 Å². The van der Waals surface area contributed by atoms with Crippen molar-refractivity contribution in [1.82, 2.24) is 4.98 Å². The van der Waals surface area contributed by atoms with Crippen LogP contribution in [0.4, 0.5) is 11.4 Å². The van der Waals surface area contributed by atoms with Gasteiger partial charge >= 0.3 is 0 Å². The summed E-state index contributed by atoms with van der Waals surface area (Å²) in [4.78, 5) is 18.1. The fourth-order valence-electron chi connectivity index (χ4n) is 2.94. The van der Waals surface area contributed by atoms with Gasteiger partial charge in [-0.1, -0.05) is 6.07 Å². The van der Waals surface area contributed by atoms with Crippen molar-refractivity contribution < 1.29 is 13.2 Å². The van der Waals surface area contributed by atoms with Gasteiger partial charge in [-0.3, -0.25) is 4.79 Å². The highest BCUT2D eigenvalue weighted by Gasteiger charge is 2.13. The van der Waals surface area contributed by atoms with Crippen LogP contribution in [0.3, 0.4) is 0 Å². The van der Waals surface area contributed by atoms with E-state index in [-0.39, 0.29) is 10.9 Å². The zero-order chi connectivity index (χ0) is 18.7. The van der Waals surface area contributed by atoms with E-state index in [9.17, 15) is 13.2 Å².